The third kappa shape index (κ3) is 8.17. The van der Waals surface area contributed by atoms with Crippen molar-refractivity contribution in [3.05, 3.63) is 59.5 Å². The van der Waals surface area contributed by atoms with Gasteiger partial charge in [-0.3, -0.25) is 4.79 Å². The number of carbonyl (C=O) groups excluding carboxylic acids is 1. The fraction of sp³-hybridized carbons (Fsp3) is 0.263. The van der Waals surface area contributed by atoms with Gasteiger partial charge in [-0.25, -0.2) is 0 Å². The van der Waals surface area contributed by atoms with Crippen molar-refractivity contribution in [1.29, 1.82) is 0 Å². The predicted molar refractivity (Wildman–Crippen MR) is 101 cm³/mol. The molecule has 0 fully saturated rings. The number of carbonyl (C=O) groups is 1. The van der Waals surface area contributed by atoms with E-state index in [0.29, 0.717) is 11.5 Å². The molecule has 0 saturated heterocycles. The van der Waals surface area contributed by atoms with Crippen LogP contribution in [0, 0.1) is 6.07 Å². The van der Waals surface area contributed by atoms with Gasteiger partial charge in [-0.1, -0.05) is 17.7 Å². The Balaban J connectivity index is 0.000000673. The first-order valence-corrected chi connectivity index (χ1v) is 8.18. The van der Waals surface area contributed by atoms with Gasteiger partial charge in [-0.15, -0.1) is 17.7 Å². The van der Waals surface area contributed by atoms with E-state index in [2.05, 4.69) is 23.7 Å². The molecule has 1 heterocycles. The number of pyridine rings is 1. The van der Waals surface area contributed by atoms with Crippen LogP contribution < -0.4 is 4.74 Å². The van der Waals surface area contributed by atoms with Crippen molar-refractivity contribution < 1.29 is 40.8 Å². The van der Waals surface area contributed by atoms with Crippen LogP contribution in [0.4, 0.5) is 0 Å². The van der Waals surface area contributed by atoms with Crippen molar-refractivity contribution in [2.75, 3.05) is 7.11 Å². The van der Waals surface area contributed by atoms with Gasteiger partial charge in [0.2, 0.25) is 0 Å². The average molecular weight is 556 g/mol. The number of hydrogen-bond donors (Lipinski definition) is 3. The number of thiol groups is 1. The molecule has 0 bridgehead atoms. The Hall–Kier alpha value is -1.62. The van der Waals surface area contributed by atoms with E-state index in [1.165, 1.54) is 19.9 Å². The van der Waals surface area contributed by atoms with Crippen LogP contribution in [0.15, 0.2) is 42.3 Å². The number of ether oxygens (including phenoxy) is 1. The molecule has 0 aliphatic rings. The van der Waals surface area contributed by atoms with Gasteiger partial charge >= 0.3 is 0 Å². The van der Waals surface area contributed by atoms with Gasteiger partial charge in [-0.05, 0) is 31.2 Å². The van der Waals surface area contributed by atoms with E-state index in [0.717, 1.165) is 22.4 Å². The molecule has 5 nitrogen and oxygen atoms in total. The van der Waals surface area contributed by atoms with Gasteiger partial charge in [-0.2, -0.15) is 12.6 Å². The van der Waals surface area contributed by atoms with Gasteiger partial charge in [0, 0.05) is 51.4 Å². The Morgan fingerprint density at radius 2 is 2.08 bits per heavy atom. The summed E-state index contributed by atoms with van der Waals surface area (Å²) in [5.74, 6) is 1.26. The number of allylic oxidation sites excluding steroid dienone is 2. The molecule has 0 atom stereocenters. The fourth-order valence-electron chi connectivity index (χ4n) is 2.01. The van der Waals surface area contributed by atoms with Gasteiger partial charge in [0.1, 0.15) is 0 Å². The van der Waals surface area contributed by atoms with Gasteiger partial charge in [0.25, 0.3) is 0 Å². The maximum absolute atomic E-state index is 10.0. The Morgan fingerprint density at radius 3 is 2.54 bits per heavy atom. The number of aromatic nitrogens is 1. The number of nitrogens with zero attached hydrogens (tertiary/aromatic N) is 1. The Kier molecular flexibility index (Phi) is 11.9. The molecule has 144 valence electrons. The summed E-state index contributed by atoms with van der Waals surface area (Å²) in [5, 5.41) is 17.8. The maximum atomic E-state index is 10.0. The van der Waals surface area contributed by atoms with Crippen LogP contribution in [0.1, 0.15) is 25.0 Å². The van der Waals surface area contributed by atoms with Crippen molar-refractivity contribution in [3.63, 3.8) is 0 Å². The molecule has 0 aliphatic heterocycles. The number of benzene rings is 1. The van der Waals surface area contributed by atoms with E-state index in [1.807, 2.05) is 12.1 Å². The molecule has 0 spiro atoms. The van der Waals surface area contributed by atoms with Crippen molar-refractivity contribution >= 4 is 18.4 Å². The predicted octanol–water partition coefficient (Wildman–Crippen LogP) is 3.51. The smallest absolute Gasteiger partial charge is 0.155 e. The van der Waals surface area contributed by atoms with Crippen molar-refractivity contribution in [2.24, 2.45) is 0 Å². The quantitative estimate of drug-likeness (QED) is 0.228. The second-order valence-corrected chi connectivity index (χ2v) is 5.52. The van der Waals surface area contributed by atoms with E-state index in [4.69, 9.17) is 9.84 Å². The molecule has 2 rings (SSSR count). The van der Waals surface area contributed by atoms with Crippen molar-refractivity contribution in [3.8, 4) is 17.0 Å². The van der Waals surface area contributed by atoms with Gasteiger partial charge in [0.15, 0.2) is 5.78 Å². The standard InChI is InChI=1S/C14H14NO2S.C5H8O2.Pt/c1-17-12-2-3-13(11(7-12)8-16)14-6-10(9-18)4-5-15-14;1-4(6)3-5(2)7;/h2,4-7,16,18H,8-9H2,1H3;3,6H,1-2H3;/q-1;;/b;4-3-;. The molecule has 0 unspecified atom stereocenters. The average Bonchev–Trinajstić information content (AvgIpc) is 2.60. The van der Waals surface area contributed by atoms with E-state index < -0.39 is 0 Å². The zero-order valence-electron chi connectivity index (χ0n) is 14.8. The Morgan fingerprint density at radius 1 is 1.38 bits per heavy atom. The van der Waals surface area contributed by atoms with Crippen LogP contribution in [-0.2, 0) is 38.2 Å². The summed E-state index contributed by atoms with van der Waals surface area (Å²) in [6, 6.07) is 10.5. The molecular formula is C19H22NO4PtS-. The molecule has 2 aromatic rings. The summed E-state index contributed by atoms with van der Waals surface area (Å²) in [6.45, 7) is 2.77. The summed E-state index contributed by atoms with van der Waals surface area (Å²) in [5.41, 5.74) is 3.41. The summed E-state index contributed by atoms with van der Waals surface area (Å²) in [4.78, 5) is 14.3. The van der Waals surface area contributed by atoms with Gasteiger partial charge < -0.3 is 19.9 Å². The minimum Gasteiger partial charge on any atom is -0.540 e. The number of rotatable bonds is 5. The Bertz CT molecular complexity index is 746. The molecule has 26 heavy (non-hydrogen) atoms. The number of aliphatic hydroxyl groups is 2. The summed E-state index contributed by atoms with van der Waals surface area (Å²) in [6.07, 6.45) is 2.90. The van der Waals surface area contributed by atoms with Crippen LogP contribution in [-0.4, -0.2) is 28.1 Å². The Labute approximate surface area is 173 Å². The molecule has 0 radical (unpaired) electrons. The molecule has 1 aromatic heterocycles. The summed E-state index contributed by atoms with van der Waals surface area (Å²) < 4.78 is 5.12. The number of hydrogen-bond acceptors (Lipinski definition) is 6. The molecule has 0 saturated carbocycles. The van der Waals surface area contributed by atoms with E-state index >= 15 is 0 Å². The first-order valence-electron chi connectivity index (χ1n) is 7.54. The van der Waals surface area contributed by atoms with E-state index in [1.54, 1.807) is 25.4 Å². The number of ketones is 1. The van der Waals surface area contributed by atoms with Crippen LogP contribution >= 0.6 is 12.6 Å². The zero-order valence-corrected chi connectivity index (χ0v) is 18.0. The van der Waals surface area contributed by atoms with E-state index in [9.17, 15) is 9.90 Å². The van der Waals surface area contributed by atoms with Crippen molar-refractivity contribution in [2.45, 2.75) is 26.2 Å². The first-order chi connectivity index (χ1) is 11.9. The molecular weight excluding hydrogens is 533 g/mol. The topological polar surface area (TPSA) is 79.7 Å². The molecule has 1 aromatic carbocycles. The molecule has 0 aliphatic carbocycles. The number of aliphatic hydroxyl groups excluding tert-OH is 2. The van der Waals surface area contributed by atoms with Crippen LogP contribution in [0.2, 0.25) is 0 Å². The van der Waals surface area contributed by atoms with Gasteiger partial charge in [0.05, 0.1) is 12.9 Å². The minimum atomic E-state index is -0.125. The third-order valence-electron chi connectivity index (χ3n) is 3.08. The molecule has 7 heteroatoms. The summed E-state index contributed by atoms with van der Waals surface area (Å²) >= 11 is 4.24. The van der Waals surface area contributed by atoms with Crippen LogP contribution in [0.5, 0.6) is 5.75 Å². The molecule has 0 amide bonds. The minimum absolute atomic E-state index is 0. The largest absolute Gasteiger partial charge is 0.540 e. The number of methoxy groups -OCH3 is 1. The second kappa shape index (κ2) is 12.7. The SMILES string of the molecule is CC(=O)/C=C(/C)O.COc1c[c-]c(-c2cc(CS)ccn2)c(CO)c1.[Pt]. The fourth-order valence-corrected chi connectivity index (χ4v) is 2.20. The van der Waals surface area contributed by atoms with Crippen LogP contribution in [0.3, 0.4) is 0 Å². The third-order valence-corrected chi connectivity index (χ3v) is 3.44. The molecule has 2 N–H and O–H groups in total. The first kappa shape index (κ1) is 24.4. The second-order valence-electron chi connectivity index (χ2n) is 5.20. The zero-order chi connectivity index (χ0) is 18.8. The van der Waals surface area contributed by atoms with Crippen LogP contribution in [0.25, 0.3) is 11.3 Å². The van der Waals surface area contributed by atoms with E-state index in [-0.39, 0.29) is 39.2 Å². The monoisotopic (exact) mass is 555 g/mol. The maximum Gasteiger partial charge on any atom is 0.155 e. The van der Waals surface area contributed by atoms with Crippen molar-refractivity contribution in [1.82, 2.24) is 4.98 Å². The summed E-state index contributed by atoms with van der Waals surface area (Å²) in [7, 11) is 1.59. The normalized spacial score (nSPS) is 10.3.